The number of primary amides is 2. The zero-order valence-corrected chi connectivity index (χ0v) is 17.1. The summed E-state index contributed by atoms with van der Waals surface area (Å²) >= 11 is 0. The van der Waals surface area contributed by atoms with E-state index in [1.807, 2.05) is 0 Å². The average molecular weight is 367 g/mol. The molecule has 0 atom stereocenters. The Kier molecular flexibility index (Phi) is 17.5. The Morgan fingerprint density at radius 3 is 1.27 bits per heavy atom. The summed E-state index contributed by atoms with van der Waals surface area (Å²) in [4.78, 5) is 22.0. The fourth-order valence-corrected chi connectivity index (χ4v) is 3.30. The number of hydrogen-bond acceptors (Lipinski definition) is 2. The molecule has 4 N–H and O–H groups in total. The predicted octanol–water partition coefficient (Wildman–Crippen LogP) is 5.54. The van der Waals surface area contributed by atoms with Gasteiger partial charge in [-0.25, -0.2) is 0 Å². The molecule has 2 amide bonds. The van der Waals surface area contributed by atoms with Crippen molar-refractivity contribution < 1.29 is 9.59 Å². The predicted molar refractivity (Wildman–Crippen MR) is 111 cm³/mol. The van der Waals surface area contributed by atoms with Gasteiger partial charge in [0, 0.05) is 11.6 Å². The van der Waals surface area contributed by atoms with Crippen molar-refractivity contribution in [3.8, 4) is 0 Å². The number of nitrogens with two attached hydrogens (primary N) is 2. The van der Waals surface area contributed by atoms with Gasteiger partial charge in [0.2, 0.25) is 11.8 Å². The minimum Gasteiger partial charge on any atom is -0.366 e. The minimum absolute atomic E-state index is 0.350. The molecule has 0 aliphatic heterocycles. The third-order valence-electron chi connectivity index (χ3n) is 4.93. The standard InChI is InChI=1S/C22H42N2O2/c1-2-3-4-5-6-7-8-9-10-11-12-13-14-15-16-17-18-20(22(24)26)19-21(23)25/h19H,2-18H2,1H3,(H2,23,25)(H2,24,26). The molecule has 0 rings (SSSR count). The number of rotatable bonds is 19. The van der Waals surface area contributed by atoms with E-state index in [9.17, 15) is 9.59 Å². The summed E-state index contributed by atoms with van der Waals surface area (Å²) in [6.07, 6.45) is 22.7. The molecule has 0 aliphatic carbocycles. The number of carbonyl (C=O) groups excluding carboxylic acids is 2. The molecule has 0 saturated carbocycles. The lowest BCUT2D eigenvalue weighted by Gasteiger charge is -2.04. The SMILES string of the molecule is CCCCCCCCCCCCCCCCCCC(=CC(N)=O)C(N)=O. The van der Waals surface area contributed by atoms with Crippen LogP contribution in [0, 0.1) is 0 Å². The molecule has 0 fully saturated rings. The summed E-state index contributed by atoms with van der Waals surface area (Å²) in [5.74, 6) is -1.14. The Hall–Kier alpha value is -1.32. The van der Waals surface area contributed by atoms with Crippen LogP contribution in [0.1, 0.15) is 116 Å². The highest BCUT2D eigenvalue weighted by atomic mass is 16.1. The van der Waals surface area contributed by atoms with Crippen LogP contribution < -0.4 is 11.5 Å². The zero-order valence-electron chi connectivity index (χ0n) is 17.1. The van der Waals surface area contributed by atoms with Crippen LogP contribution in [0.2, 0.25) is 0 Å². The first-order valence-corrected chi connectivity index (χ1v) is 10.9. The van der Waals surface area contributed by atoms with Crippen molar-refractivity contribution in [1.29, 1.82) is 0 Å². The number of carbonyl (C=O) groups is 2. The molecule has 0 heterocycles. The molecule has 0 saturated heterocycles. The highest BCUT2D eigenvalue weighted by Gasteiger charge is 2.06. The van der Waals surface area contributed by atoms with E-state index >= 15 is 0 Å². The van der Waals surface area contributed by atoms with E-state index in [0.717, 1.165) is 18.9 Å². The van der Waals surface area contributed by atoms with Gasteiger partial charge in [0.1, 0.15) is 0 Å². The van der Waals surface area contributed by atoms with Gasteiger partial charge >= 0.3 is 0 Å². The van der Waals surface area contributed by atoms with Crippen LogP contribution in [0.15, 0.2) is 11.6 Å². The van der Waals surface area contributed by atoms with E-state index in [1.165, 1.54) is 89.9 Å². The van der Waals surface area contributed by atoms with Crippen LogP contribution in [-0.2, 0) is 9.59 Å². The molecular weight excluding hydrogens is 324 g/mol. The van der Waals surface area contributed by atoms with E-state index in [0.29, 0.717) is 12.0 Å². The Morgan fingerprint density at radius 2 is 0.962 bits per heavy atom. The topological polar surface area (TPSA) is 86.2 Å². The maximum absolute atomic E-state index is 11.2. The van der Waals surface area contributed by atoms with Crippen LogP contribution >= 0.6 is 0 Å². The van der Waals surface area contributed by atoms with Crippen molar-refractivity contribution in [2.75, 3.05) is 0 Å². The molecule has 4 heteroatoms. The van der Waals surface area contributed by atoms with Gasteiger partial charge in [0.25, 0.3) is 0 Å². The molecule has 0 spiro atoms. The lowest BCUT2D eigenvalue weighted by molar-refractivity contribution is -0.116. The van der Waals surface area contributed by atoms with Gasteiger partial charge < -0.3 is 11.5 Å². The second-order valence-corrected chi connectivity index (χ2v) is 7.49. The van der Waals surface area contributed by atoms with E-state index < -0.39 is 11.8 Å². The van der Waals surface area contributed by atoms with Crippen LogP contribution in [0.4, 0.5) is 0 Å². The summed E-state index contributed by atoms with van der Waals surface area (Å²) in [7, 11) is 0. The third kappa shape index (κ3) is 17.5. The number of amides is 2. The zero-order chi connectivity index (χ0) is 19.5. The third-order valence-corrected chi connectivity index (χ3v) is 4.93. The van der Waals surface area contributed by atoms with Crippen LogP contribution in [0.25, 0.3) is 0 Å². The van der Waals surface area contributed by atoms with Gasteiger partial charge in [-0.15, -0.1) is 0 Å². The van der Waals surface area contributed by atoms with Gasteiger partial charge in [-0.3, -0.25) is 9.59 Å². The van der Waals surface area contributed by atoms with Crippen molar-refractivity contribution in [3.63, 3.8) is 0 Å². The summed E-state index contributed by atoms with van der Waals surface area (Å²) in [5.41, 5.74) is 10.7. The summed E-state index contributed by atoms with van der Waals surface area (Å²) in [6, 6.07) is 0. The first kappa shape index (κ1) is 24.7. The van der Waals surface area contributed by atoms with Crippen molar-refractivity contribution in [2.45, 2.75) is 116 Å². The molecule has 0 aliphatic rings. The Bertz CT molecular complexity index is 392. The quantitative estimate of drug-likeness (QED) is 0.232. The maximum atomic E-state index is 11.2. The van der Waals surface area contributed by atoms with E-state index in [2.05, 4.69) is 6.92 Å². The van der Waals surface area contributed by atoms with E-state index in [4.69, 9.17) is 11.5 Å². The van der Waals surface area contributed by atoms with Crippen molar-refractivity contribution >= 4 is 11.8 Å². The molecule has 0 radical (unpaired) electrons. The van der Waals surface area contributed by atoms with Crippen LogP contribution in [-0.4, -0.2) is 11.8 Å². The van der Waals surface area contributed by atoms with Crippen molar-refractivity contribution in [1.82, 2.24) is 0 Å². The van der Waals surface area contributed by atoms with Gasteiger partial charge in [-0.1, -0.05) is 103 Å². The first-order valence-electron chi connectivity index (χ1n) is 10.9. The van der Waals surface area contributed by atoms with Gasteiger partial charge in [0.15, 0.2) is 0 Å². The average Bonchev–Trinajstić information content (AvgIpc) is 2.59. The van der Waals surface area contributed by atoms with Gasteiger partial charge in [0.05, 0.1) is 0 Å². The monoisotopic (exact) mass is 366 g/mol. The van der Waals surface area contributed by atoms with Gasteiger partial charge in [-0.2, -0.15) is 0 Å². The fraction of sp³-hybridized carbons (Fsp3) is 0.818. The Morgan fingerprint density at radius 1 is 0.615 bits per heavy atom. The minimum atomic E-state index is -0.602. The molecule has 0 aromatic rings. The molecule has 0 bridgehead atoms. The molecule has 0 aromatic heterocycles. The van der Waals surface area contributed by atoms with Crippen LogP contribution in [0.3, 0.4) is 0 Å². The first-order chi connectivity index (χ1) is 12.6. The number of hydrogen-bond donors (Lipinski definition) is 2. The van der Waals surface area contributed by atoms with Crippen molar-refractivity contribution in [3.05, 3.63) is 11.6 Å². The lowest BCUT2D eigenvalue weighted by atomic mass is 10.0. The fourth-order valence-electron chi connectivity index (χ4n) is 3.30. The summed E-state index contributed by atoms with van der Waals surface area (Å²) in [6.45, 7) is 2.27. The molecule has 26 heavy (non-hydrogen) atoms. The summed E-state index contributed by atoms with van der Waals surface area (Å²) < 4.78 is 0. The second kappa shape index (κ2) is 18.5. The van der Waals surface area contributed by atoms with E-state index in [1.54, 1.807) is 0 Å². The highest BCUT2D eigenvalue weighted by molar-refractivity contribution is 5.99. The smallest absolute Gasteiger partial charge is 0.244 e. The lowest BCUT2D eigenvalue weighted by Crippen LogP contribution is -2.17. The molecule has 0 unspecified atom stereocenters. The largest absolute Gasteiger partial charge is 0.366 e. The van der Waals surface area contributed by atoms with Crippen molar-refractivity contribution in [2.24, 2.45) is 11.5 Å². The summed E-state index contributed by atoms with van der Waals surface area (Å²) in [5, 5.41) is 0. The highest BCUT2D eigenvalue weighted by Crippen LogP contribution is 2.15. The molecule has 152 valence electrons. The molecule has 4 nitrogen and oxygen atoms in total. The second-order valence-electron chi connectivity index (χ2n) is 7.49. The molecule has 0 aromatic carbocycles. The Labute approximate surface area is 161 Å². The molecular formula is C22H42N2O2. The van der Waals surface area contributed by atoms with Gasteiger partial charge in [-0.05, 0) is 12.8 Å². The van der Waals surface area contributed by atoms with E-state index in [-0.39, 0.29) is 0 Å². The maximum Gasteiger partial charge on any atom is 0.244 e. The van der Waals surface area contributed by atoms with Crippen LogP contribution in [0.5, 0.6) is 0 Å². The normalized spacial score (nSPS) is 11.7. The number of unbranched alkanes of at least 4 members (excludes halogenated alkanes) is 15. The Balaban J connectivity index is 3.31.